The molecule has 0 aliphatic carbocycles. The van der Waals surface area contributed by atoms with Gasteiger partial charge in [-0.05, 0) is 32.0 Å². The van der Waals surface area contributed by atoms with Crippen LogP contribution in [0.25, 0.3) is 22.4 Å². The fourth-order valence-corrected chi connectivity index (χ4v) is 2.70. The molecule has 0 saturated carbocycles. The van der Waals surface area contributed by atoms with Crippen molar-refractivity contribution in [1.82, 2.24) is 19.9 Å². The van der Waals surface area contributed by atoms with Crippen LogP contribution >= 0.6 is 0 Å². The number of hydrogen-bond donors (Lipinski definition) is 1. The summed E-state index contributed by atoms with van der Waals surface area (Å²) in [5, 5.41) is 2.82. The summed E-state index contributed by atoms with van der Waals surface area (Å²) in [6.07, 6.45) is 3.20. The Kier molecular flexibility index (Phi) is 4.30. The fraction of sp³-hybridized carbons (Fsp3) is 0.0952. The van der Waals surface area contributed by atoms with Crippen molar-refractivity contribution in [2.45, 2.75) is 13.8 Å². The molecule has 6 nitrogen and oxygen atoms in total. The molecule has 0 unspecified atom stereocenters. The fourth-order valence-electron chi connectivity index (χ4n) is 2.70. The molecular formula is C21H17N5O. The number of nitrogens with one attached hydrogen (secondary N) is 1. The van der Waals surface area contributed by atoms with Gasteiger partial charge in [-0.25, -0.2) is 19.9 Å². The summed E-state index contributed by atoms with van der Waals surface area (Å²) >= 11 is 0. The van der Waals surface area contributed by atoms with Crippen molar-refractivity contribution in [2.75, 3.05) is 5.32 Å². The Morgan fingerprint density at radius 2 is 1.52 bits per heavy atom. The van der Waals surface area contributed by atoms with Crippen molar-refractivity contribution in [3.63, 3.8) is 0 Å². The normalized spacial score (nSPS) is 10.7. The average Bonchev–Trinajstić information content (AvgIpc) is 2.70. The number of carbonyl (C=O) groups excluding carboxylic acids is 1. The lowest BCUT2D eigenvalue weighted by Gasteiger charge is -2.07. The zero-order valence-corrected chi connectivity index (χ0v) is 15.0. The summed E-state index contributed by atoms with van der Waals surface area (Å²) in [4.78, 5) is 30.2. The van der Waals surface area contributed by atoms with Crippen LogP contribution in [0.3, 0.4) is 0 Å². The molecule has 2 aromatic carbocycles. The molecule has 2 heterocycles. The lowest BCUT2D eigenvalue weighted by molar-refractivity contribution is 0.102. The Morgan fingerprint density at radius 1 is 0.852 bits per heavy atom. The highest BCUT2D eigenvalue weighted by Gasteiger charge is 2.10. The minimum atomic E-state index is -0.243. The van der Waals surface area contributed by atoms with Gasteiger partial charge in [0.25, 0.3) is 5.91 Å². The van der Waals surface area contributed by atoms with Crippen molar-refractivity contribution in [2.24, 2.45) is 0 Å². The van der Waals surface area contributed by atoms with E-state index < -0.39 is 0 Å². The Bertz CT molecular complexity index is 1120. The van der Waals surface area contributed by atoms with Crippen LogP contribution in [0.4, 0.5) is 5.69 Å². The lowest BCUT2D eigenvalue weighted by Crippen LogP contribution is -2.12. The molecular weight excluding hydrogens is 338 g/mol. The molecule has 6 heteroatoms. The molecule has 4 aromatic rings. The van der Waals surface area contributed by atoms with Crippen molar-refractivity contribution < 1.29 is 4.79 Å². The molecule has 0 atom stereocenters. The number of anilines is 1. The molecule has 1 amide bonds. The summed E-state index contributed by atoms with van der Waals surface area (Å²) in [5.74, 6) is 0.369. The number of fused-ring (bicyclic) bond motifs is 1. The van der Waals surface area contributed by atoms with Crippen LogP contribution in [-0.4, -0.2) is 25.8 Å². The summed E-state index contributed by atoms with van der Waals surface area (Å²) in [6, 6.07) is 15.0. The lowest BCUT2D eigenvalue weighted by atomic mass is 10.1. The molecule has 2 aromatic heterocycles. The van der Waals surface area contributed by atoms with Gasteiger partial charge in [0.2, 0.25) is 0 Å². The van der Waals surface area contributed by atoms with Gasteiger partial charge in [-0.3, -0.25) is 4.79 Å². The van der Waals surface area contributed by atoms with Gasteiger partial charge in [-0.2, -0.15) is 0 Å². The molecule has 0 aliphatic heterocycles. The van der Waals surface area contributed by atoms with Gasteiger partial charge in [-0.1, -0.05) is 30.3 Å². The highest BCUT2D eigenvalue weighted by atomic mass is 16.1. The zero-order valence-electron chi connectivity index (χ0n) is 15.0. The quantitative estimate of drug-likeness (QED) is 0.602. The minimum absolute atomic E-state index is 0.243. The van der Waals surface area contributed by atoms with Gasteiger partial charge >= 0.3 is 0 Å². The van der Waals surface area contributed by atoms with Gasteiger partial charge in [0.05, 0.1) is 40.5 Å². The van der Waals surface area contributed by atoms with Crippen molar-refractivity contribution in [1.29, 1.82) is 0 Å². The van der Waals surface area contributed by atoms with E-state index in [2.05, 4.69) is 25.3 Å². The Labute approximate surface area is 156 Å². The number of hydrogen-bond acceptors (Lipinski definition) is 5. The van der Waals surface area contributed by atoms with Gasteiger partial charge < -0.3 is 5.32 Å². The second kappa shape index (κ2) is 6.92. The van der Waals surface area contributed by atoms with E-state index in [4.69, 9.17) is 0 Å². The minimum Gasteiger partial charge on any atom is -0.319 e. The molecule has 27 heavy (non-hydrogen) atoms. The first-order valence-corrected chi connectivity index (χ1v) is 8.54. The number of carbonyl (C=O) groups is 1. The highest BCUT2D eigenvalue weighted by Crippen LogP contribution is 2.17. The van der Waals surface area contributed by atoms with E-state index in [9.17, 15) is 4.79 Å². The van der Waals surface area contributed by atoms with Crippen LogP contribution in [-0.2, 0) is 0 Å². The zero-order chi connectivity index (χ0) is 18.8. The van der Waals surface area contributed by atoms with Crippen LogP contribution in [0, 0.1) is 13.8 Å². The van der Waals surface area contributed by atoms with E-state index in [0.717, 1.165) is 22.5 Å². The smallest absolute Gasteiger partial charge is 0.255 e. The molecule has 0 fully saturated rings. The van der Waals surface area contributed by atoms with Crippen LogP contribution in [0.2, 0.25) is 0 Å². The molecule has 4 rings (SSSR count). The third-order valence-electron chi connectivity index (χ3n) is 4.28. The van der Waals surface area contributed by atoms with Gasteiger partial charge in [-0.15, -0.1) is 0 Å². The largest absolute Gasteiger partial charge is 0.319 e. The van der Waals surface area contributed by atoms with Crippen LogP contribution in [0.1, 0.15) is 21.7 Å². The molecule has 0 saturated heterocycles. The average molecular weight is 355 g/mol. The number of aryl methyl sites for hydroxylation is 2. The second-order valence-corrected chi connectivity index (χ2v) is 6.21. The van der Waals surface area contributed by atoms with E-state index in [0.29, 0.717) is 22.6 Å². The monoisotopic (exact) mass is 355 g/mol. The number of nitrogens with zero attached hydrogens (tertiary/aromatic N) is 4. The van der Waals surface area contributed by atoms with E-state index in [1.807, 2.05) is 44.2 Å². The Hall–Kier alpha value is -3.67. The standard InChI is InChI=1S/C21H17N5O/c1-13-14(2)25-19-10-16(8-9-18(19)24-13)21(27)26-17-11-22-20(23-12-17)15-6-4-3-5-7-15/h3-12H,1-2H3,(H,26,27). The number of aromatic nitrogens is 4. The van der Waals surface area contributed by atoms with Crippen LogP contribution < -0.4 is 5.32 Å². The maximum Gasteiger partial charge on any atom is 0.255 e. The second-order valence-electron chi connectivity index (χ2n) is 6.21. The number of amides is 1. The summed E-state index contributed by atoms with van der Waals surface area (Å²) < 4.78 is 0. The molecule has 132 valence electrons. The Morgan fingerprint density at radius 3 is 2.22 bits per heavy atom. The molecule has 0 aliphatic rings. The summed E-state index contributed by atoms with van der Waals surface area (Å²) in [6.45, 7) is 3.82. The van der Waals surface area contributed by atoms with Gasteiger partial charge in [0.15, 0.2) is 5.82 Å². The maximum atomic E-state index is 12.5. The van der Waals surface area contributed by atoms with E-state index in [-0.39, 0.29) is 5.91 Å². The third kappa shape index (κ3) is 3.50. The first-order chi connectivity index (χ1) is 13.1. The van der Waals surface area contributed by atoms with Crippen LogP contribution in [0.5, 0.6) is 0 Å². The summed E-state index contributed by atoms with van der Waals surface area (Å²) in [7, 11) is 0. The Balaban J connectivity index is 1.55. The molecule has 1 N–H and O–H groups in total. The highest BCUT2D eigenvalue weighted by molar-refractivity contribution is 6.05. The summed E-state index contributed by atoms with van der Waals surface area (Å²) in [5.41, 5.74) is 5.17. The van der Waals surface area contributed by atoms with Crippen LogP contribution in [0.15, 0.2) is 60.9 Å². The third-order valence-corrected chi connectivity index (χ3v) is 4.28. The molecule has 0 bridgehead atoms. The van der Waals surface area contributed by atoms with Gasteiger partial charge in [0, 0.05) is 11.1 Å². The number of benzene rings is 2. The maximum absolute atomic E-state index is 12.5. The topological polar surface area (TPSA) is 80.7 Å². The predicted molar refractivity (Wildman–Crippen MR) is 104 cm³/mol. The first-order valence-electron chi connectivity index (χ1n) is 8.54. The number of rotatable bonds is 3. The van der Waals surface area contributed by atoms with Crippen molar-refractivity contribution in [3.05, 3.63) is 77.9 Å². The van der Waals surface area contributed by atoms with Crippen molar-refractivity contribution in [3.8, 4) is 11.4 Å². The van der Waals surface area contributed by atoms with Crippen molar-refractivity contribution >= 4 is 22.6 Å². The molecule has 0 spiro atoms. The van der Waals surface area contributed by atoms with E-state index in [1.54, 1.807) is 30.6 Å². The SMILES string of the molecule is Cc1nc2ccc(C(=O)Nc3cnc(-c4ccccc4)nc3)cc2nc1C. The van der Waals surface area contributed by atoms with E-state index in [1.165, 1.54) is 0 Å². The van der Waals surface area contributed by atoms with E-state index >= 15 is 0 Å². The predicted octanol–water partition coefficient (Wildman–Crippen LogP) is 3.96. The van der Waals surface area contributed by atoms with Gasteiger partial charge in [0.1, 0.15) is 0 Å². The first kappa shape index (κ1) is 16.8. The molecule has 0 radical (unpaired) electrons.